The van der Waals surface area contributed by atoms with Gasteiger partial charge in [-0.3, -0.25) is 14.4 Å². The summed E-state index contributed by atoms with van der Waals surface area (Å²) in [5.74, 6) is -4.28. The van der Waals surface area contributed by atoms with Crippen LogP contribution in [0.1, 0.15) is 79.5 Å². The number of halogens is 7. The third-order valence-corrected chi connectivity index (χ3v) is 9.64. The van der Waals surface area contributed by atoms with Gasteiger partial charge in [0, 0.05) is 18.5 Å². The Labute approximate surface area is 246 Å². The molecule has 43 heavy (non-hydrogen) atoms. The number of ether oxygens (including phenoxy) is 1. The molecule has 1 aliphatic heterocycles. The smallest absolute Gasteiger partial charge is 0.439 e. The van der Waals surface area contributed by atoms with Crippen molar-refractivity contribution in [2.75, 3.05) is 13.1 Å². The molecule has 0 radical (unpaired) electrons. The normalized spacial score (nSPS) is 21.7. The van der Waals surface area contributed by atoms with E-state index in [2.05, 4.69) is 14.7 Å². The minimum Gasteiger partial charge on any atom is -0.485 e. The number of piperidine rings is 1. The van der Waals surface area contributed by atoms with Crippen molar-refractivity contribution < 1.29 is 40.0 Å². The molecule has 5 rings (SSSR count). The van der Waals surface area contributed by atoms with Crippen LogP contribution >= 0.6 is 11.3 Å². The van der Waals surface area contributed by atoms with E-state index in [-0.39, 0.29) is 68.4 Å². The Balaban J connectivity index is 1.37. The molecule has 1 saturated carbocycles. The summed E-state index contributed by atoms with van der Waals surface area (Å²) in [5, 5.41) is 4.18. The van der Waals surface area contributed by atoms with E-state index in [1.54, 1.807) is 0 Å². The maximum atomic E-state index is 14.9. The predicted molar refractivity (Wildman–Crippen MR) is 143 cm³/mol. The van der Waals surface area contributed by atoms with Crippen molar-refractivity contribution in [1.82, 2.24) is 20.0 Å². The number of hydrogen-bond acceptors (Lipinski definition) is 7. The number of rotatable bonds is 8. The van der Waals surface area contributed by atoms with Gasteiger partial charge in [0.1, 0.15) is 17.7 Å². The number of hydrogen-bond donors (Lipinski definition) is 1. The molecular weight excluding hydrogens is 605 g/mol. The number of H-pyrrole nitrogens is 1. The molecule has 1 unspecified atom stereocenters. The predicted octanol–water partition coefficient (Wildman–Crippen LogP) is 7.77. The summed E-state index contributed by atoms with van der Waals surface area (Å²) in [7, 11) is 0. The quantitative estimate of drug-likeness (QED) is 0.255. The number of likely N-dealkylation sites (tertiary alicyclic amines) is 1. The highest BCUT2D eigenvalue weighted by Crippen LogP contribution is 2.45. The van der Waals surface area contributed by atoms with Gasteiger partial charge in [-0.2, -0.15) is 26.3 Å². The van der Waals surface area contributed by atoms with Gasteiger partial charge in [-0.15, -0.1) is 11.3 Å². The number of aromatic nitrogens is 3. The van der Waals surface area contributed by atoms with Gasteiger partial charge in [-0.05, 0) is 70.2 Å². The minimum absolute atomic E-state index is 0.00346. The average molecular weight is 637 g/mol. The third-order valence-electron chi connectivity index (χ3n) is 8.28. The van der Waals surface area contributed by atoms with E-state index < -0.39 is 41.9 Å². The molecule has 1 atom stereocenters. The van der Waals surface area contributed by atoms with Crippen molar-refractivity contribution in [1.29, 1.82) is 0 Å². The standard InChI is InChI=1S/C28H31F7N4O3S/c1-2-22(41-18-7-8-19(20(29)13-18)24-37-26(40)42-38-24)23-21(14-39-11-9-17(10-12-39)28(33,34)35)36-25(43-23)15-3-5-16(6-4-15)27(30,31)32/h7-8,13,15-17,22H,2-6,9-12,14H2,1H3,(H,37,38,40). The third kappa shape index (κ3) is 7.41. The first-order chi connectivity index (χ1) is 20.3. The Morgan fingerprint density at radius 2 is 1.70 bits per heavy atom. The topological polar surface area (TPSA) is 84.2 Å². The van der Waals surface area contributed by atoms with Crippen LogP contribution in [0.2, 0.25) is 0 Å². The second-order valence-electron chi connectivity index (χ2n) is 11.1. The first kappa shape index (κ1) is 31.5. The highest BCUT2D eigenvalue weighted by molar-refractivity contribution is 7.11. The van der Waals surface area contributed by atoms with Gasteiger partial charge in [-0.1, -0.05) is 12.1 Å². The van der Waals surface area contributed by atoms with E-state index in [9.17, 15) is 35.5 Å². The Morgan fingerprint density at radius 1 is 1.05 bits per heavy atom. The van der Waals surface area contributed by atoms with Crippen LogP contribution in [0.15, 0.2) is 27.5 Å². The van der Waals surface area contributed by atoms with Crippen molar-refractivity contribution in [2.45, 2.75) is 82.8 Å². The van der Waals surface area contributed by atoms with Gasteiger partial charge in [0.2, 0.25) is 0 Å². The fourth-order valence-electron chi connectivity index (χ4n) is 5.81. The zero-order valence-corrected chi connectivity index (χ0v) is 24.0. The first-order valence-electron chi connectivity index (χ1n) is 14.2. The average Bonchev–Trinajstić information content (AvgIpc) is 3.57. The van der Waals surface area contributed by atoms with Gasteiger partial charge in [-0.25, -0.2) is 14.2 Å². The number of benzene rings is 1. The molecule has 2 aromatic heterocycles. The van der Waals surface area contributed by atoms with E-state index in [0.29, 0.717) is 30.0 Å². The minimum atomic E-state index is -4.24. The maximum Gasteiger partial charge on any atom is 0.439 e. The molecule has 1 aromatic carbocycles. The second-order valence-corrected chi connectivity index (χ2v) is 12.2. The maximum absolute atomic E-state index is 14.9. The summed E-state index contributed by atoms with van der Waals surface area (Å²) in [6.45, 7) is 2.62. The van der Waals surface area contributed by atoms with Crippen molar-refractivity contribution in [3.63, 3.8) is 0 Å². The Morgan fingerprint density at radius 3 is 2.26 bits per heavy atom. The number of nitrogens with zero attached hydrogens (tertiary/aromatic N) is 3. The highest BCUT2D eigenvalue weighted by atomic mass is 32.1. The summed E-state index contributed by atoms with van der Waals surface area (Å²) in [6, 6.07) is 4.04. The molecule has 2 aliphatic rings. The van der Waals surface area contributed by atoms with Crippen LogP contribution in [0.3, 0.4) is 0 Å². The lowest BCUT2D eigenvalue weighted by Crippen LogP contribution is -2.38. The number of nitrogens with one attached hydrogen (secondary N) is 1. The zero-order valence-electron chi connectivity index (χ0n) is 23.2. The van der Waals surface area contributed by atoms with Gasteiger partial charge in [0.25, 0.3) is 0 Å². The summed E-state index contributed by atoms with van der Waals surface area (Å²) < 4.78 is 105. The molecule has 7 nitrogen and oxygen atoms in total. The van der Waals surface area contributed by atoms with E-state index in [0.717, 1.165) is 10.9 Å². The number of thiazole rings is 1. The first-order valence-corrected chi connectivity index (χ1v) is 15.0. The lowest BCUT2D eigenvalue weighted by atomic mass is 9.82. The molecule has 0 spiro atoms. The summed E-state index contributed by atoms with van der Waals surface area (Å²) in [6.07, 6.45) is -7.95. The Bertz CT molecular complexity index is 1430. The lowest BCUT2D eigenvalue weighted by Gasteiger charge is -2.32. The van der Waals surface area contributed by atoms with Crippen molar-refractivity contribution in [3.8, 4) is 17.1 Å². The molecule has 2 fully saturated rings. The fraction of sp³-hybridized carbons (Fsp3) is 0.607. The van der Waals surface area contributed by atoms with E-state index in [1.807, 2.05) is 11.8 Å². The second kappa shape index (κ2) is 12.6. The molecule has 1 N–H and O–H groups in total. The molecule has 15 heteroatoms. The van der Waals surface area contributed by atoms with Crippen LogP contribution in [0.4, 0.5) is 30.7 Å². The fourth-order valence-corrected chi connectivity index (χ4v) is 7.17. The number of alkyl halides is 6. The monoisotopic (exact) mass is 636 g/mol. The number of aromatic amines is 1. The molecule has 236 valence electrons. The molecule has 0 bridgehead atoms. The van der Waals surface area contributed by atoms with E-state index >= 15 is 0 Å². The van der Waals surface area contributed by atoms with Crippen molar-refractivity contribution in [2.24, 2.45) is 11.8 Å². The largest absolute Gasteiger partial charge is 0.485 e. The molecule has 1 aliphatic carbocycles. The Kier molecular flexibility index (Phi) is 9.21. The van der Waals surface area contributed by atoms with Gasteiger partial charge < -0.3 is 4.74 Å². The zero-order chi connectivity index (χ0) is 30.9. The van der Waals surface area contributed by atoms with Gasteiger partial charge in [0.15, 0.2) is 5.82 Å². The summed E-state index contributed by atoms with van der Waals surface area (Å²) in [5.41, 5.74) is 0.622. The van der Waals surface area contributed by atoms with E-state index in [4.69, 9.17) is 9.72 Å². The SMILES string of the molecule is CCC(Oc1ccc(-c2noc(=O)[nH]2)c(F)c1)c1sc(C2CCC(C(F)(F)F)CC2)nc1CN1CCC(C(F)(F)F)CC1. The lowest BCUT2D eigenvalue weighted by molar-refractivity contribution is -0.185. The van der Waals surface area contributed by atoms with Crippen LogP contribution in [-0.2, 0) is 6.54 Å². The van der Waals surface area contributed by atoms with Gasteiger partial charge in [0.05, 0.1) is 33.0 Å². The van der Waals surface area contributed by atoms with Crippen LogP contribution in [0, 0.1) is 17.7 Å². The van der Waals surface area contributed by atoms with Crippen molar-refractivity contribution >= 4 is 11.3 Å². The van der Waals surface area contributed by atoms with Crippen LogP contribution in [0.25, 0.3) is 11.4 Å². The van der Waals surface area contributed by atoms with Crippen LogP contribution in [0.5, 0.6) is 5.75 Å². The summed E-state index contributed by atoms with van der Waals surface area (Å²) >= 11 is 1.35. The molecule has 0 amide bonds. The van der Waals surface area contributed by atoms with E-state index in [1.165, 1.54) is 23.5 Å². The van der Waals surface area contributed by atoms with Crippen LogP contribution < -0.4 is 10.5 Å². The molecular formula is C28H31F7N4O3S. The molecule has 1 saturated heterocycles. The molecule has 3 heterocycles. The van der Waals surface area contributed by atoms with Crippen molar-refractivity contribution in [3.05, 3.63) is 50.1 Å². The van der Waals surface area contributed by atoms with Crippen LogP contribution in [-0.4, -0.2) is 45.5 Å². The summed E-state index contributed by atoms with van der Waals surface area (Å²) in [4.78, 5) is 21.0. The Hall–Kier alpha value is -2.94. The van der Waals surface area contributed by atoms with Gasteiger partial charge >= 0.3 is 18.1 Å². The molecule has 3 aromatic rings. The highest BCUT2D eigenvalue weighted by Gasteiger charge is 2.43.